The molecule has 1 aliphatic rings. The largest absolute Gasteiger partial charge is 0.461 e. The van der Waals surface area contributed by atoms with E-state index in [2.05, 4.69) is 0 Å². The fourth-order valence-electron chi connectivity index (χ4n) is 3.01. The molecule has 3 nitrogen and oxygen atoms in total. The highest BCUT2D eigenvalue weighted by Gasteiger charge is 2.22. The van der Waals surface area contributed by atoms with E-state index in [-0.39, 0.29) is 11.9 Å². The second kappa shape index (κ2) is 8.72. The van der Waals surface area contributed by atoms with Gasteiger partial charge in [-0.15, -0.1) is 0 Å². The van der Waals surface area contributed by atoms with Gasteiger partial charge in [0.05, 0.1) is 0 Å². The van der Waals surface area contributed by atoms with Gasteiger partial charge in [0.15, 0.2) is 0 Å². The molecule has 1 saturated carbocycles. The first kappa shape index (κ1) is 16.7. The summed E-state index contributed by atoms with van der Waals surface area (Å²) in [4.78, 5) is 23.9. The highest BCUT2D eigenvalue weighted by Crippen LogP contribution is 2.26. The van der Waals surface area contributed by atoms with Crippen LogP contribution in [0.15, 0.2) is 30.3 Å². The molecule has 0 heterocycles. The summed E-state index contributed by atoms with van der Waals surface area (Å²) in [6.07, 6.45) is 6.19. The Morgan fingerprint density at radius 3 is 2.68 bits per heavy atom. The predicted molar refractivity (Wildman–Crippen MR) is 86.2 cm³/mol. The number of ether oxygens (including phenoxy) is 1. The second-order valence-electron chi connectivity index (χ2n) is 6.41. The summed E-state index contributed by atoms with van der Waals surface area (Å²) in [7, 11) is 0. The summed E-state index contributed by atoms with van der Waals surface area (Å²) in [6, 6.07) is 9.71. The van der Waals surface area contributed by atoms with E-state index in [4.69, 9.17) is 4.74 Å². The Morgan fingerprint density at radius 1 is 1.18 bits per heavy atom. The minimum absolute atomic E-state index is 0.161. The molecule has 0 N–H and O–H groups in total. The van der Waals surface area contributed by atoms with Crippen LogP contribution in [0, 0.1) is 11.8 Å². The van der Waals surface area contributed by atoms with Gasteiger partial charge in [0.2, 0.25) is 0 Å². The zero-order chi connectivity index (χ0) is 15.8. The van der Waals surface area contributed by atoms with Crippen LogP contribution >= 0.6 is 0 Å². The lowest BCUT2D eigenvalue weighted by atomic mass is 9.83. The van der Waals surface area contributed by atoms with E-state index in [0.29, 0.717) is 31.1 Å². The maximum absolute atomic E-state index is 12.0. The highest BCUT2D eigenvalue weighted by molar-refractivity contribution is 5.81. The van der Waals surface area contributed by atoms with E-state index in [9.17, 15) is 9.59 Å². The van der Waals surface area contributed by atoms with Gasteiger partial charge in [-0.3, -0.25) is 9.59 Å². The molecule has 1 unspecified atom stereocenters. The number of rotatable bonds is 5. The number of ketones is 1. The first-order chi connectivity index (χ1) is 10.6. The zero-order valence-corrected chi connectivity index (χ0v) is 13.4. The standard InChI is InChI=1S/C19H26O3/c1-15-7-5-6-8-16(13-18(15)20)11-12-19(21)22-14-17-9-3-2-4-10-17/h2-4,9-10,15-16H,5-8,11-14H2,1H3/t15-,16?/m0/s1. The molecule has 120 valence electrons. The van der Waals surface area contributed by atoms with Gasteiger partial charge in [-0.2, -0.15) is 0 Å². The van der Waals surface area contributed by atoms with Crippen molar-refractivity contribution in [2.75, 3.05) is 0 Å². The average molecular weight is 302 g/mol. The topological polar surface area (TPSA) is 43.4 Å². The van der Waals surface area contributed by atoms with Gasteiger partial charge < -0.3 is 4.74 Å². The maximum Gasteiger partial charge on any atom is 0.306 e. The normalized spacial score (nSPS) is 22.7. The van der Waals surface area contributed by atoms with Crippen LogP contribution in [0.1, 0.15) is 57.4 Å². The first-order valence-electron chi connectivity index (χ1n) is 8.37. The number of benzene rings is 1. The van der Waals surface area contributed by atoms with E-state index in [1.165, 1.54) is 6.42 Å². The molecule has 0 amide bonds. The number of Topliss-reactive ketones (excluding diaryl/α,β-unsaturated/α-hetero) is 1. The van der Waals surface area contributed by atoms with Crippen molar-refractivity contribution in [3.63, 3.8) is 0 Å². The van der Waals surface area contributed by atoms with Gasteiger partial charge >= 0.3 is 5.97 Å². The predicted octanol–water partition coefficient (Wildman–Crippen LogP) is 4.30. The Balaban J connectivity index is 1.71. The van der Waals surface area contributed by atoms with Crippen molar-refractivity contribution in [2.24, 2.45) is 11.8 Å². The molecular weight excluding hydrogens is 276 g/mol. The smallest absolute Gasteiger partial charge is 0.306 e. The van der Waals surface area contributed by atoms with E-state index >= 15 is 0 Å². The number of hydrogen-bond donors (Lipinski definition) is 0. The van der Waals surface area contributed by atoms with Crippen molar-refractivity contribution >= 4 is 11.8 Å². The molecule has 0 aromatic heterocycles. The van der Waals surface area contributed by atoms with E-state index in [1.807, 2.05) is 37.3 Å². The van der Waals surface area contributed by atoms with Crippen LogP contribution in [0.5, 0.6) is 0 Å². The molecule has 0 radical (unpaired) electrons. The van der Waals surface area contributed by atoms with E-state index in [1.54, 1.807) is 0 Å². The molecule has 0 saturated heterocycles. The van der Waals surface area contributed by atoms with Gasteiger partial charge in [0, 0.05) is 18.8 Å². The Morgan fingerprint density at radius 2 is 1.91 bits per heavy atom. The molecule has 2 atom stereocenters. The van der Waals surface area contributed by atoms with Gasteiger partial charge in [-0.05, 0) is 24.3 Å². The summed E-state index contributed by atoms with van der Waals surface area (Å²) in [5.41, 5.74) is 1.01. The first-order valence-corrected chi connectivity index (χ1v) is 8.37. The third-order valence-corrected chi connectivity index (χ3v) is 4.54. The van der Waals surface area contributed by atoms with Crippen molar-refractivity contribution in [3.05, 3.63) is 35.9 Å². The molecule has 2 rings (SSSR count). The maximum atomic E-state index is 12.0. The lowest BCUT2D eigenvalue weighted by Gasteiger charge is -2.21. The SMILES string of the molecule is C[C@H]1CCCCC(CCC(=O)OCc2ccccc2)CC1=O. The summed E-state index contributed by atoms with van der Waals surface area (Å²) >= 11 is 0. The van der Waals surface area contributed by atoms with Gasteiger partial charge in [0.25, 0.3) is 0 Å². The van der Waals surface area contributed by atoms with Crippen molar-refractivity contribution in [1.82, 2.24) is 0 Å². The molecular formula is C19H26O3. The minimum Gasteiger partial charge on any atom is -0.461 e. The molecule has 22 heavy (non-hydrogen) atoms. The third kappa shape index (κ3) is 5.63. The molecule has 1 fully saturated rings. The van der Waals surface area contributed by atoms with Gasteiger partial charge in [-0.1, -0.05) is 56.5 Å². The molecule has 1 aliphatic carbocycles. The fraction of sp³-hybridized carbons (Fsp3) is 0.579. The van der Waals surface area contributed by atoms with Crippen LogP contribution in [0.2, 0.25) is 0 Å². The van der Waals surface area contributed by atoms with Crippen LogP contribution in [0.25, 0.3) is 0 Å². The Kier molecular flexibility index (Phi) is 6.63. The molecule has 3 heteroatoms. The zero-order valence-electron chi connectivity index (χ0n) is 13.4. The van der Waals surface area contributed by atoms with Crippen LogP contribution in [0.3, 0.4) is 0 Å². The number of carbonyl (C=O) groups is 2. The van der Waals surface area contributed by atoms with Crippen molar-refractivity contribution < 1.29 is 14.3 Å². The Hall–Kier alpha value is -1.64. The quantitative estimate of drug-likeness (QED) is 0.762. The summed E-state index contributed by atoms with van der Waals surface area (Å²) in [5.74, 6) is 0.737. The lowest BCUT2D eigenvalue weighted by molar-refractivity contribution is -0.145. The van der Waals surface area contributed by atoms with Gasteiger partial charge in [-0.25, -0.2) is 0 Å². The number of carbonyl (C=O) groups excluding carboxylic acids is 2. The number of esters is 1. The highest BCUT2D eigenvalue weighted by atomic mass is 16.5. The van der Waals surface area contributed by atoms with Gasteiger partial charge in [0.1, 0.15) is 12.4 Å². The number of hydrogen-bond acceptors (Lipinski definition) is 3. The molecule has 0 spiro atoms. The average Bonchev–Trinajstić information content (AvgIpc) is 2.53. The molecule has 0 bridgehead atoms. The van der Waals surface area contributed by atoms with Crippen LogP contribution < -0.4 is 0 Å². The fourth-order valence-corrected chi connectivity index (χ4v) is 3.01. The minimum atomic E-state index is -0.161. The van der Waals surface area contributed by atoms with E-state index in [0.717, 1.165) is 31.2 Å². The molecule has 1 aromatic carbocycles. The Bertz CT molecular complexity index is 481. The monoisotopic (exact) mass is 302 g/mol. The summed E-state index contributed by atoms with van der Waals surface area (Å²) < 4.78 is 5.30. The van der Waals surface area contributed by atoms with Crippen molar-refractivity contribution in [3.8, 4) is 0 Å². The Labute approximate surface area is 133 Å². The van der Waals surface area contributed by atoms with Crippen molar-refractivity contribution in [2.45, 2.75) is 58.5 Å². The molecule has 0 aliphatic heterocycles. The summed E-state index contributed by atoms with van der Waals surface area (Å²) in [5, 5.41) is 0. The van der Waals surface area contributed by atoms with Crippen LogP contribution in [-0.2, 0) is 20.9 Å². The molecule has 1 aromatic rings. The van der Waals surface area contributed by atoms with E-state index < -0.39 is 0 Å². The van der Waals surface area contributed by atoms with Crippen LogP contribution in [-0.4, -0.2) is 11.8 Å². The lowest BCUT2D eigenvalue weighted by Crippen LogP contribution is -2.19. The van der Waals surface area contributed by atoms with Crippen molar-refractivity contribution in [1.29, 1.82) is 0 Å². The van der Waals surface area contributed by atoms with Crippen LogP contribution in [0.4, 0.5) is 0 Å². The summed E-state index contributed by atoms with van der Waals surface area (Å²) in [6.45, 7) is 2.36. The third-order valence-electron chi connectivity index (χ3n) is 4.54. The second-order valence-corrected chi connectivity index (χ2v) is 6.41.